The van der Waals surface area contributed by atoms with Crippen molar-refractivity contribution in [3.63, 3.8) is 0 Å². The van der Waals surface area contributed by atoms with E-state index in [0.29, 0.717) is 25.4 Å². The van der Waals surface area contributed by atoms with Crippen LogP contribution in [-0.2, 0) is 16.0 Å². The number of carbonyl (C=O) groups is 2. The number of morpholine rings is 1. The highest BCUT2D eigenvalue weighted by Crippen LogP contribution is 2.17. The van der Waals surface area contributed by atoms with Gasteiger partial charge in [0.15, 0.2) is 0 Å². The summed E-state index contributed by atoms with van der Waals surface area (Å²) in [5, 5.41) is 5.50. The summed E-state index contributed by atoms with van der Waals surface area (Å²) in [5.41, 5.74) is 1.48. The Hall–Kier alpha value is -2.08. The maximum atomic E-state index is 12.4. The molecule has 1 atom stereocenters. The van der Waals surface area contributed by atoms with E-state index in [0.717, 1.165) is 12.0 Å². The van der Waals surface area contributed by atoms with E-state index >= 15 is 0 Å². The quantitative estimate of drug-likeness (QED) is 0.888. The zero-order valence-corrected chi connectivity index (χ0v) is 13.1. The SMILES string of the molecule is CCC1CN(C(=O)Nc2ccccc2CC(=O)NC)CCO1. The van der Waals surface area contributed by atoms with Crippen molar-refractivity contribution >= 4 is 17.6 Å². The molecule has 0 saturated carbocycles. The summed E-state index contributed by atoms with van der Waals surface area (Å²) < 4.78 is 5.57. The Morgan fingerprint density at radius 1 is 1.36 bits per heavy atom. The molecule has 1 aliphatic rings. The van der Waals surface area contributed by atoms with E-state index in [2.05, 4.69) is 10.6 Å². The molecular formula is C16H23N3O3. The smallest absolute Gasteiger partial charge is 0.322 e. The van der Waals surface area contributed by atoms with Gasteiger partial charge < -0.3 is 20.3 Å². The van der Waals surface area contributed by atoms with Crippen LogP contribution in [-0.4, -0.2) is 49.7 Å². The van der Waals surface area contributed by atoms with Gasteiger partial charge in [-0.25, -0.2) is 4.79 Å². The molecule has 1 unspecified atom stereocenters. The molecule has 3 amide bonds. The summed E-state index contributed by atoms with van der Waals surface area (Å²) >= 11 is 0. The number of likely N-dealkylation sites (N-methyl/N-ethyl adjacent to an activating group) is 1. The van der Waals surface area contributed by atoms with E-state index in [4.69, 9.17) is 4.74 Å². The van der Waals surface area contributed by atoms with Crippen molar-refractivity contribution in [2.45, 2.75) is 25.9 Å². The lowest BCUT2D eigenvalue weighted by Crippen LogP contribution is -2.47. The Kier molecular flexibility index (Phi) is 5.77. The largest absolute Gasteiger partial charge is 0.375 e. The van der Waals surface area contributed by atoms with Crippen molar-refractivity contribution in [3.05, 3.63) is 29.8 Å². The molecule has 0 aliphatic carbocycles. The predicted molar refractivity (Wildman–Crippen MR) is 84.8 cm³/mol. The molecule has 6 heteroatoms. The highest BCUT2D eigenvalue weighted by molar-refractivity contribution is 5.91. The molecule has 2 N–H and O–H groups in total. The van der Waals surface area contributed by atoms with Crippen molar-refractivity contribution in [1.29, 1.82) is 0 Å². The van der Waals surface area contributed by atoms with Crippen LogP contribution in [0.1, 0.15) is 18.9 Å². The van der Waals surface area contributed by atoms with Crippen molar-refractivity contribution in [1.82, 2.24) is 10.2 Å². The van der Waals surface area contributed by atoms with Gasteiger partial charge in [-0.05, 0) is 18.1 Å². The third-order valence-corrected chi connectivity index (χ3v) is 3.77. The van der Waals surface area contributed by atoms with Gasteiger partial charge in [-0.2, -0.15) is 0 Å². The number of amides is 3. The minimum Gasteiger partial charge on any atom is -0.375 e. The first-order chi connectivity index (χ1) is 10.6. The van der Waals surface area contributed by atoms with Gasteiger partial charge in [-0.1, -0.05) is 25.1 Å². The summed E-state index contributed by atoms with van der Waals surface area (Å²) in [4.78, 5) is 25.7. The van der Waals surface area contributed by atoms with E-state index in [-0.39, 0.29) is 24.5 Å². The van der Waals surface area contributed by atoms with Gasteiger partial charge >= 0.3 is 6.03 Å². The zero-order chi connectivity index (χ0) is 15.9. The number of benzene rings is 1. The molecule has 1 fully saturated rings. The molecule has 120 valence electrons. The van der Waals surface area contributed by atoms with Crippen molar-refractivity contribution in [2.75, 3.05) is 32.1 Å². The van der Waals surface area contributed by atoms with E-state index in [1.807, 2.05) is 31.2 Å². The van der Waals surface area contributed by atoms with E-state index in [1.54, 1.807) is 11.9 Å². The van der Waals surface area contributed by atoms with Gasteiger partial charge in [0.05, 0.1) is 19.1 Å². The summed E-state index contributed by atoms with van der Waals surface area (Å²) in [7, 11) is 1.60. The fraction of sp³-hybridized carbons (Fsp3) is 0.500. The van der Waals surface area contributed by atoms with Gasteiger partial charge in [0, 0.05) is 25.8 Å². The van der Waals surface area contributed by atoms with Crippen molar-refractivity contribution < 1.29 is 14.3 Å². The third kappa shape index (κ3) is 4.21. The lowest BCUT2D eigenvalue weighted by atomic mass is 10.1. The number of hydrogen-bond donors (Lipinski definition) is 2. The van der Waals surface area contributed by atoms with Crippen LogP contribution in [0.15, 0.2) is 24.3 Å². The number of nitrogens with zero attached hydrogens (tertiary/aromatic N) is 1. The number of ether oxygens (including phenoxy) is 1. The number of rotatable bonds is 4. The maximum Gasteiger partial charge on any atom is 0.322 e. The summed E-state index contributed by atoms with van der Waals surface area (Å²) in [6.07, 6.45) is 1.23. The van der Waals surface area contributed by atoms with E-state index in [1.165, 1.54) is 0 Å². The Labute approximate surface area is 130 Å². The number of carbonyl (C=O) groups excluding carboxylic acids is 2. The second kappa shape index (κ2) is 7.79. The molecule has 0 spiro atoms. The Morgan fingerprint density at radius 3 is 2.86 bits per heavy atom. The van der Waals surface area contributed by atoms with Crippen LogP contribution in [0.3, 0.4) is 0 Å². The second-order valence-corrected chi connectivity index (χ2v) is 5.28. The first-order valence-corrected chi connectivity index (χ1v) is 7.60. The van der Waals surface area contributed by atoms with Crippen molar-refractivity contribution in [3.8, 4) is 0 Å². The zero-order valence-electron chi connectivity index (χ0n) is 13.1. The van der Waals surface area contributed by atoms with Crippen LogP contribution in [0.4, 0.5) is 10.5 Å². The predicted octanol–water partition coefficient (Wildman–Crippen LogP) is 1.62. The van der Waals surface area contributed by atoms with Gasteiger partial charge in [0.2, 0.25) is 5.91 Å². The Balaban J connectivity index is 2.03. The number of hydrogen-bond acceptors (Lipinski definition) is 3. The molecule has 1 aromatic carbocycles. The van der Waals surface area contributed by atoms with Crippen LogP contribution < -0.4 is 10.6 Å². The fourth-order valence-corrected chi connectivity index (χ4v) is 2.40. The molecule has 1 aromatic rings. The number of urea groups is 1. The molecule has 1 saturated heterocycles. The fourth-order valence-electron chi connectivity index (χ4n) is 2.40. The number of nitrogens with one attached hydrogen (secondary N) is 2. The molecular weight excluding hydrogens is 282 g/mol. The molecule has 1 heterocycles. The van der Waals surface area contributed by atoms with Gasteiger partial charge in [0.25, 0.3) is 0 Å². The summed E-state index contributed by atoms with van der Waals surface area (Å²) in [5.74, 6) is -0.0841. The van der Waals surface area contributed by atoms with Crippen LogP contribution in [0, 0.1) is 0 Å². The lowest BCUT2D eigenvalue weighted by Gasteiger charge is -2.32. The molecule has 6 nitrogen and oxygen atoms in total. The highest BCUT2D eigenvalue weighted by Gasteiger charge is 2.23. The molecule has 22 heavy (non-hydrogen) atoms. The first-order valence-electron chi connectivity index (χ1n) is 7.60. The average Bonchev–Trinajstić information content (AvgIpc) is 2.56. The minimum atomic E-state index is -0.147. The molecule has 2 rings (SSSR count). The molecule has 0 bridgehead atoms. The number of para-hydroxylation sites is 1. The normalized spacial score (nSPS) is 17.9. The summed E-state index contributed by atoms with van der Waals surface area (Å²) in [6, 6.07) is 7.21. The van der Waals surface area contributed by atoms with Crippen LogP contribution >= 0.6 is 0 Å². The molecule has 0 aromatic heterocycles. The standard InChI is InChI=1S/C16H23N3O3/c1-3-13-11-19(8-9-22-13)16(21)18-14-7-5-4-6-12(14)10-15(20)17-2/h4-7,13H,3,8-11H2,1-2H3,(H,17,20)(H,18,21). The van der Waals surface area contributed by atoms with Gasteiger partial charge in [-0.3, -0.25) is 4.79 Å². The average molecular weight is 305 g/mol. The van der Waals surface area contributed by atoms with E-state index in [9.17, 15) is 9.59 Å². The van der Waals surface area contributed by atoms with Gasteiger partial charge in [0.1, 0.15) is 0 Å². The second-order valence-electron chi connectivity index (χ2n) is 5.28. The maximum absolute atomic E-state index is 12.4. The highest BCUT2D eigenvalue weighted by atomic mass is 16.5. The van der Waals surface area contributed by atoms with Crippen LogP contribution in [0.2, 0.25) is 0 Å². The topological polar surface area (TPSA) is 70.7 Å². The Morgan fingerprint density at radius 2 is 2.14 bits per heavy atom. The first kappa shape index (κ1) is 16.3. The monoisotopic (exact) mass is 305 g/mol. The van der Waals surface area contributed by atoms with Crippen LogP contribution in [0.5, 0.6) is 0 Å². The third-order valence-electron chi connectivity index (χ3n) is 3.77. The van der Waals surface area contributed by atoms with Gasteiger partial charge in [-0.15, -0.1) is 0 Å². The summed E-state index contributed by atoms with van der Waals surface area (Å²) in [6.45, 7) is 3.79. The van der Waals surface area contributed by atoms with E-state index < -0.39 is 0 Å². The number of anilines is 1. The molecule has 1 aliphatic heterocycles. The lowest BCUT2D eigenvalue weighted by molar-refractivity contribution is -0.119. The minimum absolute atomic E-state index is 0.0841. The molecule has 0 radical (unpaired) electrons. The van der Waals surface area contributed by atoms with Crippen LogP contribution in [0.25, 0.3) is 0 Å². The van der Waals surface area contributed by atoms with Crippen molar-refractivity contribution in [2.24, 2.45) is 0 Å². The Bertz CT molecular complexity index is 533.